The van der Waals surface area contributed by atoms with Crippen LogP contribution in [0.25, 0.3) is 0 Å². The highest BCUT2D eigenvalue weighted by Gasteiger charge is 2.15. The lowest BCUT2D eigenvalue weighted by molar-refractivity contribution is -0.120. The Morgan fingerprint density at radius 3 is 3.04 bits per heavy atom. The molecule has 0 radical (unpaired) electrons. The molecule has 8 nitrogen and oxygen atoms in total. The van der Waals surface area contributed by atoms with Gasteiger partial charge in [-0.3, -0.25) is 9.79 Å². The van der Waals surface area contributed by atoms with Crippen LogP contribution in [0.1, 0.15) is 18.6 Å². The van der Waals surface area contributed by atoms with Crippen LogP contribution < -0.4 is 16.0 Å². The van der Waals surface area contributed by atoms with E-state index in [1.54, 1.807) is 19.4 Å². The Morgan fingerprint density at radius 1 is 1.40 bits per heavy atom. The van der Waals surface area contributed by atoms with E-state index in [0.29, 0.717) is 25.0 Å². The molecule has 25 heavy (non-hydrogen) atoms. The smallest absolute Gasteiger partial charge is 0.239 e. The number of aliphatic imine (C=N–C) groups is 1. The minimum atomic E-state index is -0.124. The van der Waals surface area contributed by atoms with Gasteiger partial charge in [0, 0.05) is 32.7 Å². The van der Waals surface area contributed by atoms with Gasteiger partial charge in [0.2, 0.25) is 5.91 Å². The first-order chi connectivity index (χ1) is 12.3. The first-order valence-corrected chi connectivity index (χ1v) is 8.67. The van der Waals surface area contributed by atoms with Crippen LogP contribution in [0.15, 0.2) is 27.8 Å². The van der Waals surface area contributed by atoms with E-state index in [1.165, 1.54) is 0 Å². The van der Waals surface area contributed by atoms with Crippen molar-refractivity contribution in [1.82, 2.24) is 16.0 Å². The van der Waals surface area contributed by atoms with Gasteiger partial charge in [0.25, 0.3) is 0 Å². The number of carbonyl (C=O) groups excluding carboxylic acids is 1. The molecule has 0 aliphatic carbocycles. The zero-order chi connectivity index (χ0) is 17.7. The molecule has 1 unspecified atom stereocenters. The summed E-state index contributed by atoms with van der Waals surface area (Å²) in [6.45, 7) is 4.40. The van der Waals surface area contributed by atoms with E-state index in [2.05, 4.69) is 20.9 Å². The monoisotopic (exact) mass is 352 g/mol. The molecule has 3 N–H and O–H groups in total. The lowest BCUT2D eigenvalue weighted by atomic mass is 10.1. The van der Waals surface area contributed by atoms with Crippen LogP contribution in [0.2, 0.25) is 0 Å². The summed E-state index contributed by atoms with van der Waals surface area (Å²) < 4.78 is 16.1. The predicted octanol–water partition coefficient (Wildman–Crippen LogP) is 0.504. The van der Waals surface area contributed by atoms with Gasteiger partial charge in [-0.1, -0.05) is 0 Å². The second-order valence-corrected chi connectivity index (χ2v) is 5.87. The van der Waals surface area contributed by atoms with Crippen molar-refractivity contribution in [3.05, 3.63) is 24.2 Å². The molecule has 1 saturated heterocycles. The van der Waals surface area contributed by atoms with Gasteiger partial charge in [-0.05, 0) is 25.0 Å². The number of amides is 1. The third kappa shape index (κ3) is 8.04. The zero-order valence-electron chi connectivity index (χ0n) is 14.8. The summed E-state index contributed by atoms with van der Waals surface area (Å²) in [6, 6.07) is 3.60. The van der Waals surface area contributed by atoms with E-state index in [4.69, 9.17) is 13.9 Å². The largest absolute Gasteiger partial charge is 0.467 e. The summed E-state index contributed by atoms with van der Waals surface area (Å²) in [7, 11) is 1.67. The second-order valence-electron chi connectivity index (χ2n) is 5.87. The van der Waals surface area contributed by atoms with Crippen LogP contribution in [0, 0.1) is 5.92 Å². The molecular formula is C17H28N4O4. The van der Waals surface area contributed by atoms with Crippen molar-refractivity contribution in [3.63, 3.8) is 0 Å². The minimum absolute atomic E-state index is 0.124. The zero-order valence-corrected chi connectivity index (χ0v) is 14.8. The van der Waals surface area contributed by atoms with E-state index in [-0.39, 0.29) is 12.5 Å². The molecule has 1 aromatic rings. The number of furan rings is 1. The number of rotatable bonds is 10. The molecule has 0 spiro atoms. The van der Waals surface area contributed by atoms with E-state index in [0.717, 1.165) is 45.0 Å². The number of guanidine groups is 1. The van der Waals surface area contributed by atoms with Gasteiger partial charge in [0.1, 0.15) is 5.76 Å². The summed E-state index contributed by atoms with van der Waals surface area (Å²) in [4.78, 5) is 15.9. The van der Waals surface area contributed by atoms with Crippen molar-refractivity contribution >= 4 is 11.9 Å². The molecule has 0 saturated carbocycles. The summed E-state index contributed by atoms with van der Waals surface area (Å²) >= 11 is 0. The molecule has 140 valence electrons. The average molecular weight is 352 g/mol. The number of carbonyl (C=O) groups is 1. The van der Waals surface area contributed by atoms with Crippen molar-refractivity contribution in [2.75, 3.05) is 46.6 Å². The molecule has 1 amide bonds. The third-order valence-electron chi connectivity index (χ3n) is 3.82. The highest BCUT2D eigenvalue weighted by molar-refractivity contribution is 5.86. The van der Waals surface area contributed by atoms with Crippen molar-refractivity contribution in [2.24, 2.45) is 10.9 Å². The number of hydrogen-bond donors (Lipinski definition) is 3. The molecule has 0 bridgehead atoms. The molecule has 0 aromatic carbocycles. The average Bonchev–Trinajstić information content (AvgIpc) is 3.32. The van der Waals surface area contributed by atoms with Crippen molar-refractivity contribution < 1.29 is 18.7 Å². The van der Waals surface area contributed by atoms with Crippen molar-refractivity contribution in [1.29, 1.82) is 0 Å². The number of hydrogen-bond acceptors (Lipinski definition) is 5. The molecule has 1 atom stereocenters. The van der Waals surface area contributed by atoms with Crippen LogP contribution in [-0.2, 0) is 20.8 Å². The summed E-state index contributed by atoms with van der Waals surface area (Å²) in [5, 5.41) is 8.90. The van der Waals surface area contributed by atoms with Gasteiger partial charge in [-0.15, -0.1) is 0 Å². The number of nitrogens with zero attached hydrogens (tertiary/aromatic N) is 1. The third-order valence-corrected chi connectivity index (χ3v) is 3.82. The molecule has 2 rings (SSSR count). The Morgan fingerprint density at radius 2 is 2.32 bits per heavy atom. The first kappa shape index (κ1) is 19.3. The Labute approximate surface area is 148 Å². The SMILES string of the molecule is CN=C(NCCCOCC1CCOC1)NCC(=O)NCc1ccco1. The van der Waals surface area contributed by atoms with E-state index >= 15 is 0 Å². The van der Waals surface area contributed by atoms with Gasteiger partial charge < -0.3 is 29.8 Å². The number of ether oxygens (including phenoxy) is 2. The first-order valence-electron chi connectivity index (χ1n) is 8.67. The molecule has 2 heterocycles. The Balaban J connectivity index is 1.47. The van der Waals surface area contributed by atoms with Gasteiger partial charge in [-0.25, -0.2) is 0 Å². The number of nitrogens with one attached hydrogen (secondary N) is 3. The minimum Gasteiger partial charge on any atom is -0.467 e. The maximum absolute atomic E-state index is 11.8. The van der Waals surface area contributed by atoms with E-state index in [9.17, 15) is 4.79 Å². The van der Waals surface area contributed by atoms with Crippen molar-refractivity contribution in [2.45, 2.75) is 19.4 Å². The standard InChI is InChI=1S/C17H28N4O4/c1-18-17(19-6-3-7-23-12-14-5-9-24-13-14)21-11-16(22)20-10-15-4-2-8-25-15/h2,4,8,14H,3,5-7,9-13H2,1H3,(H,20,22)(H2,18,19,21). The maximum Gasteiger partial charge on any atom is 0.239 e. The Hall–Kier alpha value is -2.06. The quantitative estimate of drug-likeness (QED) is 0.322. The topological polar surface area (TPSA) is 97.1 Å². The predicted molar refractivity (Wildman–Crippen MR) is 94.3 cm³/mol. The van der Waals surface area contributed by atoms with Gasteiger partial charge in [0.05, 0.1) is 32.6 Å². The second kappa shape index (κ2) is 11.5. The lowest BCUT2D eigenvalue weighted by Gasteiger charge is -2.12. The highest BCUT2D eigenvalue weighted by Crippen LogP contribution is 2.12. The van der Waals surface area contributed by atoms with Crippen LogP contribution >= 0.6 is 0 Å². The molecule has 1 aliphatic heterocycles. The van der Waals surface area contributed by atoms with Crippen LogP contribution in [0.5, 0.6) is 0 Å². The molecule has 1 aliphatic rings. The summed E-state index contributed by atoms with van der Waals surface area (Å²) in [5.74, 6) is 1.74. The lowest BCUT2D eigenvalue weighted by Crippen LogP contribution is -2.43. The fourth-order valence-corrected chi connectivity index (χ4v) is 2.39. The Bertz CT molecular complexity index is 513. The fourth-order valence-electron chi connectivity index (χ4n) is 2.39. The Kier molecular flexibility index (Phi) is 8.85. The van der Waals surface area contributed by atoms with Gasteiger partial charge in [0.15, 0.2) is 5.96 Å². The van der Waals surface area contributed by atoms with Gasteiger partial charge in [-0.2, -0.15) is 0 Å². The normalized spacial score (nSPS) is 17.5. The molecule has 8 heteroatoms. The van der Waals surface area contributed by atoms with E-state index < -0.39 is 0 Å². The van der Waals surface area contributed by atoms with Gasteiger partial charge >= 0.3 is 0 Å². The molecule has 1 aromatic heterocycles. The van der Waals surface area contributed by atoms with Crippen LogP contribution in [0.4, 0.5) is 0 Å². The van der Waals surface area contributed by atoms with Crippen LogP contribution in [-0.4, -0.2) is 58.4 Å². The van der Waals surface area contributed by atoms with Crippen molar-refractivity contribution in [3.8, 4) is 0 Å². The molecule has 1 fully saturated rings. The maximum atomic E-state index is 11.8. The molecular weight excluding hydrogens is 324 g/mol. The summed E-state index contributed by atoms with van der Waals surface area (Å²) in [5.41, 5.74) is 0. The fraction of sp³-hybridized carbons (Fsp3) is 0.647. The summed E-state index contributed by atoms with van der Waals surface area (Å²) in [6.07, 6.45) is 3.55. The highest BCUT2D eigenvalue weighted by atomic mass is 16.5. The van der Waals surface area contributed by atoms with Crippen LogP contribution in [0.3, 0.4) is 0 Å². The van der Waals surface area contributed by atoms with E-state index in [1.807, 2.05) is 6.07 Å².